The summed E-state index contributed by atoms with van der Waals surface area (Å²) in [6.45, 7) is 4.32. The van der Waals surface area contributed by atoms with Crippen LogP contribution in [0.5, 0.6) is 0 Å². The minimum absolute atomic E-state index is 0.00198. The highest BCUT2D eigenvalue weighted by Gasteiger charge is 2.25. The molecule has 8 heteroatoms. The van der Waals surface area contributed by atoms with Crippen LogP contribution in [0.2, 0.25) is 0 Å². The fourth-order valence-electron chi connectivity index (χ4n) is 5.57. The lowest BCUT2D eigenvalue weighted by atomic mass is 10.1. The molecule has 0 aromatic rings. The van der Waals surface area contributed by atoms with Crippen LogP contribution in [-0.2, 0) is 28.6 Å². The molecule has 0 amide bonds. The number of allylic oxidation sites excluding steroid dienone is 18. The summed E-state index contributed by atoms with van der Waals surface area (Å²) >= 11 is 0. The van der Waals surface area contributed by atoms with Gasteiger partial charge in [0.25, 0.3) is 0 Å². The topological polar surface area (TPSA) is 102 Å². The first-order chi connectivity index (χ1) is 28.1. The molecule has 0 aromatic heterocycles. The molecule has 0 aliphatic heterocycles. The Morgan fingerprint density at radius 3 is 1.38 bits per heavy atom. The summed E-state index contributed by atoms with van der Waals surface area (Å²) in [4.78, 5) is 36.8. The van der Waals surface area contributed by atoms with E-state index in [2.05, 4.69) is 123 Å². The highest BCUT2D eigenvalue weighted by Crippen LogP contribution is 2.11. The van der Waals surface area contributed by atoms with Crippen molar-refractivity contribution in [2.75, 3.05) is 41.0 Å². The van der Waals surface area contributed by atoms with E-state index < -0.39 is 18.1 Å². The van der Waals surface area contributed by atoms with Gasteiger partial charge in [-0.05, 0) is 89.9 Å². The lowest BCUT2D eigenvalue weighted by Gasteiger charge is -2.34. The van der Waals surface area contributed by atoms with Crippen molar-refractivity contribution < 1.29 is 38.2 Å². The first-order valence-corrected chi connectivity index (χ1v) is 21.9. The smallest absolute Gasteiger partial charge is 0.306 e. The van der Waals surface area contributed by atoms with Crippen molar-refractivity contribution in [3.8, 4) is 0 Å². The lowest BCUT2D eigenvalue weighted by molar-refractivity contribution is -0.889. The van der Waals surface area contributed by atoms with E-state index in [1.807, 2.05) is 0 Å². The number of nitrogens with zero attached hydrogens (tertiary/aromatic N) is 1. The van der Waals surface area contributed by atoms with Crippen molar-refractivity contribution in [1.82, 2.24) is 0 Å². The number of carboxylic acid groups (broad SMARTS) is 1. The Bertz CT molecular complexity index is 1310. The number of carbonyl (C=O) groups is 3. The molecular formula is C50H79NO7. The van der Waals surface area contributed by atoms with Crippen molar-refractivity contribution in [3.63, 3.8) is 0 Å². The maximum absolute atomic E-state index is 12.7. The Labute approximate surface area is 353 Å². The van der Waals surface area contributed by atoms with E-state index in [-0.39, 0.29) is 49.1 Å². The van der Waals surface area contributed by atoms with Gasteiger partial charge in [0, 0.05) is 19.3 Å². The molecule has 0 aliphatic carbocycles. The largest absolute Gasteiger partial charge is 0.544 e. The number of hydrogen-bond donors (Lipinski definition) is 0. The average Bonchev–Trinajstić information content (AvgIpc) is 3.18. The number of likely N-dealkylation sites (N-methyl/N-ethyl adjacent to an activating group) is 1. The van der Waals surface area contributed by atoms with Crippen LogP contribution in [0, 0.1) is 0 Å². The van der Waals surface area contributed by atoms with E-state index in [0.29, 0.717) is 12.8 Å². The Kier molecular flexibility index (Phi) is 37.0. The second-order valence-corrected chi connectivity index (χ2v) is 15.2. The fourth-order valence-corrected chi connectivity index (χ4v) is 5.57. The summed E-state index contributed by atoms with van der Waals surface area (Å²) in [5, 5.41) is 11.6. The third-order valence-corrected chi connectivity index (χ3v) is 8.90. The van der Waals surface area contributed by atoms with Crippen molar-refractivity contribution in [3.05, 3.63) is 109 Å². The summed E-state index contributed by atoms with van der Waals surface area (Å²) in [6.07, 6.45) is 54.1. The van der Waals surface area contributed by atoms with Crippen LogP contribution in [-0.4, -0.2) is 75.5 Å². The van der Waals surface area contributed by atoms with Gasteiger partial charge in [-0.2, -0.15) is 0 Å². The van der Waals surface area contributed by atoms with Crippen molar-refractivity contribution >= 4 is 17.9 Å². The quantitative estimate of drug-likeness (QED) is 0.0267. The van der Waals surface area contributed by atoms with Gasteiger partial charge in [0.2, 0.25) is 0 Å². The highest BCUT2D eigenvalue weighted by atomic mass is 16.6. The summed E-state index contributed by atoms with van der Waals surface area (Å²) in [7, 11) is 5.36. The maximum Gasteiger partial charge on any atom is 0.306 e. The molecular weight excluding hydrogens is 727 g/mol. The molecule has 0 heterocycles. The molecule has 2 atom stereocenters. The van der Waals surface area contributed by atoms with Gasteiger partial charge in [-0.1, -0.05) is 136 Å². The van der Waals surface area contributed by atoms with Gasteiger partial charge < -0.3 is 28.6 Å². The third-order valence-electron chi connectivity index (χ3n) is 8.90. The van der Waals surface area contributed by atoms with Crippen LogP contribution in [0.25, 0.3) is 0 Å². The van der Waals surface area contributed by atoms with E-state index in [9.17, 15) is 19.5 Å². The molecule has 0 N–H and O–H groups in total. The summed E-state index contributed by atoms with van der Waals surface area (Å²) < 4.78 is 17.1. The van der Waals surface area contributed by atoms with Crippen molar-refractivity contribution in [2.45, 2.75) is 148 Å². The van der Waals surface area contributed by atoms with Gasteiger partial charge in [-0.3, -0.25) is 9.59 Å². The summed E-state index contributed by atoms with van der Waals surface area (Å²) in [5.74, 6) is -1.86. The molecule has 0 spiro atoms. The molecule has 2 unspecified atom stereocenters. The summed E-state index contributed by atoms with van der Waals surface area (Å²) in [5.41, 5.74) is 0. The number of hydrogen-bond acceptors (Lipinski definition) is 7. The van der Waals surface area contributed by atoms with Gasteiger partial charge in [-0.15, -0.1) is 0 Å². The number of aliphatic carboxylic acids is 1. The number of unbranched alkanes of at least 4 members (excludes halogenated alkanes) is 5. The normalized spacial score (nSPS) is 14.0. The number of rotatable bonds is 37. The first-order valence-electron chi connectivity index (χ1n) is 21.9. The number of carbonyl (C=O) groups excluding carboxylic acids is 3. The van der Waals surface area contributed by atoms with Crippen LogP contribution in [0.4, 0.5) is 0 Å². The third kappa shape index (κ3) is 37.6. The molecule has 0 bridgehead atoms. The molecule has 0 aromatic carbocycles. The zero-order valence-electron chi connectivity index (χ0n) is 36.9. The molecule has 0 radical (unpaired) electrons. The standard InChI is InChI=1S/C50H79NO7/c1-6-8-10-12-14-16-18-20-22-24-26-28-30-32-34-36-38-40-48(52)57-45-46(44-56-43-42-47(50(54)55)51(3,4)5)58-49(53)41-39-37-35-33-31-29-27-25-23-21-19-17-15-13-11-9-7-2/h8-11,14-17,20-23,26-29,33,35,46-47H,6-7,12-13,18-19,24-25,30-32,34,36-45H2,1-5H3/b10-8-,11-9-,16-14-,17-15-,22-20-,23-21-,28-26-,29-27-,35-33-. The van der Waals surface area contributed by atoms with E-state index >= 15 is 0 Å². The number of quaternary nitrogens is 1. The Morgan fingerprint density at radius 1 is 0.517 bits per heavy atom. The van der Waals surface area contributed by atoms with Crippen LogP contribution in [0.15, 0.2) is 109 Å². The van der Waals surface area contributed by atoms with E-state index in [1.54, 1.807) is 21.1 Å². The Balaban J connectivity index is 4.52. The number of carboxylic acids is 1. The SMILES string of the molecule is CC/C=C\C/C=C\C/C=C\C/C=C\C/C=C\CCCC(=O)OC(COCCC(C(=O)[O-])[N+](C)(C)C)COC(=O)CCCCCC/C=C\C/C=C\C/C=C\C/C=C\CC. The van der Waals surface area contributed by atoms with E-state index in [4.69, 9.17) is 14.2 Å². The Hall–Kier alpha value is -4.01. The molecule has 0 saturated heterocycles. The predicted molar refractivity (Wildman–Crippen MR) is 240 cm³/mol. The van der Waals surface area contributed by atoms with Crippen LogP contribution >= 0.6 is 0 Å². The highest BCUT2D eigenvalue weighted by molar-refractivity contribution is 5.70. The maximum atomic E-state index is 12.7. The average molecular weight is 806 g/mol. The Morgan fingerprint density at radius 2 is 0.931 bits per heavy atom. The van der Waals surface area contributed by atoms with Crippen LogP contribution in [0.3, 0.4) is 0 Å². The van der Waals surface area contributed by atoms with Gasteiger partial charge in [0.15, 0.2) is 6.10 Å². The zero-order chi connectivity index (χ0) is 42.8. The second kappa shape index (κ2) is 39.8. The van der Waals surface area contributed by atoms with Gasteiger partial charge in [0.05, 0.1) is 40.3 Å². The first kappa shape index (κ1) is 54.0. The zero-order valence-corrected chi connectivity index (χ0v) is 36.9. The number of esters is 2. The minimum Gasteiger partial charge on any atom is -0.544 e. The lowest BCUT2D eigenvalue weighted by Crippen LogP contribution is -2.55. The van der Waals surface area contributed by atoms with Crippen molar-refractivity contribution in [1.29, 1.82) is 0 Å². The van der Waals surface area contributed by atoms with E-state index in [0.717, 1.165) is 96.3 Å². The van der Waals surface area contributed by atoms with Crippen molar-refractivity contribution in [2.24, 2.45) is 0 Å². The molecule has 8 nitrogen and oxygen atoms in total. The molecule has 326 valence electrons. The monoisotopic (exact) mass is 806 g/mol. The van der Waals surface area contributed by atoms with Gasteiger partial charge >= 0.3 is 11.9 Å². The molecule has 0 saturated carbocycles. The number of ether oxygens (including phenoxy) is 3. The second-order valence-electron chi connectivity index (χ2n) is 15.2. The summed E-state index contributed by atoms with van der Waals surface area (Å²) in [6, 6.07) is -0.747. The molecule has 0 fully saturated rings. The minimum atomic E-state index is -1.14. The molecule has 0 aliphatic rings. The molecule has 0 rings (SSSR count). The van der Waals surface area contributed by atoms with Gasteiger partial charge in [0.1, 0.15) is 12.6 Å². The van der Waals surface area contributed by atoms with Crippen LogP contribution in [0.1, 0.15) is 136 Å². The predicted octanol–water partition coefficient (Wildman–Crippen LogP) is 10.7. The van der Waals surface area contributed by atoms with Gasteiger partial charge in [-0.25, -0.2) is 0 Å². The fraction of sp³-hybridized carbons (Fsp3) is 0.580. The van der Waals surface area contributed by atoms with Crippen LogP contribution < -0.4 is 5.11 Å². The molecule has 58 heavy (non-hydrogen) atoms. The van der Waals surface area contributed by atoms with E-state index in [1.165, 1.54) is 0 Å².